The van der Waals surface area contributed by atoms with Gasteiger partial charge in [-0.15, -0.1) is 0 Å². The number of carbonyl (C=O) groups excluding carboxylic acids is 1. The van der Waals surface area contributed by atoms with Crippen LogP contribution >= 0.6 is 0 Å². The third kappa shape index (κ3) is 4.73. The third-order valence-corrected chi connectivity index (χ3v) is 6.31. The standard InChI is InChI=1S/C27H29N5O2/c1-2-34-23-10-8-21(9-11-23)24-18-25-26(28-14-17-32(25)30-24)31-15-12-22(13-16-31)27(33)29-19-20-6-4-3-5-7-20/h3-11,14,17-18,22H,2,12-13,15-16,19H2,1H3,(H,29,33). The van der Waals surface area contributed by atoms with E-state index in [1.807, 2.05) is 72.2 Å². The Morgan fingerprint density at radius 3 is 2.59 bits per heavy atom. The highest BCUT2D eigenvalue weighted by atomic mass is 16.5. The molecule has 5 rings (SSSR count). The molecule has 1 fully saturated rings. The molecule has 0 unspecified atom stereocenters. The lowest BCUT2D eigenvalue weighted by atomic mass is 9.95. The fourth-order valence-electron chi connectivity index (χ4n) is 4.46. The number of hydrogen-bond acceptors (Lipinski definition) is 5. The Morgan fingerprint density at radius 2 is 1.85 bits per heavy atom. The number of amides is 1. The van der Waals surface area contributed by atoms with E-state index in [1.165, 1.54) is 0 Å². The van der Waals surface area contributed by atoms with E-state index in [1.54, 1.807) is 6.20 Å². The molecule has 0 saturated carbocycles. The zero-order valence-corrected chi connectivity index (χ0v) is 19.4. The molecule has 1 aliphatic heterocycles. The van der Waals surface area contributed by atoms with Gasteiger partial charge in [0.15, 0.2) is 5.82 Å². The van der Waals surface area contributed by atoms with Crippen LogP contribution in [0.1, 0.15) is 25.3 Å². The van der Waals surface area contributed by atoms with Crippen molar-refractivity contribution >= 4 is 17.2 Å². The van der Waals surface area contributed by atoms with E-state index in [0.29, 0.717) is 13.2 Å². The molecule has 1 amide bonds. The molecule has 7 heteroatoms. The smallest absolute Gasteiger partial charge is 0.223 e. The van der Waals surface area contributed by atoms with Crippen molar-refractivity contribution in [3.8, 4) is 17.0 Å². The number of rotatable bonds is 7. The number of nitrogens with one attached hydrogen (secondary N) is 1. The maximum Gasteiger partial charge on any atom is 0.223 e. The van der Waals surface area contributed by atoms with E-state index < -0.39 is 0 Å². The van der Waals surface area contributed by atoms with Gasteiger partial charge in [-0.05, 0) is 55.7 Å². The molecule has 0 spiro atoms. The lowest BCUT2D eigenvalue weighted by molar-refractivity contribution is -0.125. The maximum atomic E-state index is 12.7. The van der Waals surface area contributed by atoms with Crippen molar-refractivity contribution < 1.29 is 9.53 Å². The molecule has 1 aliphatic rings. The van der Waals surface area contributed by atoms with E-state index in [0.717, 1.165) is 59.8 Å². The van der Waals surface area contributed by atoms with Gasteiger partial charge >= 0.3 is 0 Å². The maximum absolute atomic E-state index is 12.7. The van der Waals surface area contributed by atoms with Gasteiger partial charge < -0.3 is 15.0 Å². The first-order valence-corrected chi connectivity index (χ1v) is 11.9. The predicted octanol–water partition coefficient (Wildman–Crippen LogP) is 4.33. The molecule has 7 nitrogen and oxygen atoms in total. The van der Waals surface area contributed by atoms with Crippen LogP contribution in [0.4, 0.5) is 5.82 Å². The van der Waals surface area contributed by atoms with Crippen LogP contribution in [0.25, 0.3) is 16.8 Å². The largest absolute Gasteiger partial charge is 0.494 e. The number of anilines is 1. The van der Waals surface area contributed by atoms with Crippen LogP contribution in [0.2, 0.25) is 0 Å². The van der Waals surface area contributed by atoms with E-state index in [2.05, 4.69) is 21.3 Å². The van der Waals surface area contributed by atoms with Gasteiger partial charge in [0, 0.05) is 43.5 Å². The molecule has 2 aromatic carbocycles. The summed E-state index contributed by atoms with van der Waals surface area (Å²) in [5.74, 6) is 1.93. The number of aromatic nitrogens is 3. The van der Waals surface area contributed by atoms with E-state index in [-0.39, 0.29) is 11.8 Å². The first-order valence-electron chi connectivity index (χ1n) is 11.9. The van der Waals surface area contributed by atoms with Crippen molar-refractivity contribution in [2.45, 2.75) is 26.3 Å². The quantitative estimate of drug-likeness (QED) is 0.449. The molecule has 4 aromatic rings. The zero-order valence-electron chi connectivity index (χ0n) is 19.4. The summed E-state index contributed by atoms with van der Waals surface area (Å²) in [7, 11) is 0. The lowest BCUT2D eigenvalue weighted by Crippen LogP contribution is -2.40. The molecular formula is C27H29N5O2. The molecule has 1 N–H and O–H groups in total. The first kappa shape index (κ1) is 21.9. The fraction of sp³-hybridized carbons (Fsp3) is 0.296. The van der Waals surface area contributed by atoms with Gasteiger partial charge in [-0.25, -0.2) is 9.50 Å². The number of hydrogen-bond donors (Lipinski definition) is 1. The summed E-state index contributed by atoms with van der Waals surface area (Å²) >= 11 is 0. The predicted molar refractivity (Wildman–Crippen MR) is 133 cm³/mol. The van der Waals surface area contributed by atoms with Crippen molar-refractivity contribution in [2.24, 2.45) is 5.92 Å². The van der Waals surface area contributed by atoms with Crippen LogP contribution < -0.4 is 15.0 Å². The normalized spacial score (nSPS) is 14.3. The number of nitrogens with zero attached hydrogens (tertiary/aromatic N) is 4. The van der Waals surface area contributed by atoms with Gasteiger partial charge in [0.1, 0.15) is 11.3 Å². The minimum Gasteiger partial charge on any atom is -0.494 e. The highest BCUT2D eigenvalue weighted by Crippen LogP contribution is 2.29. The molecule has 0 atom stereocenters. The average molecular weight is 456 g/mol. The molecule has 0 bridgehead atoms. The van der Waals surface area contributed by atoms with Gasteiger partial charge in [-0.3, -0.25) is 4.79 Å². The molecule has 3 heterocycles. The van der Waals surface area contributed by atoms with Gasteiger partial charge in [-0.1, -0.05) is 30.3 Å². The summed E-state index contributed by atoms with van der Waals surface area (Å²) in [5.41, 5.74) is 4.02. The summed E-state index contributed by atoms with van der Waals surface area (Å²) in [4.78, 5) is 19.6. The Balaban J connectivity index is 1.25. The molecule has 2 aromatic heterocycles. The monoisotopic (exact) mass is 455 g/mol. The Kier molecular flexibility index (Phi) is 6.42. The number of piperidine rings is 1. The van der Waals surface area contributed by atoms with Gasteiger partial charge in [0.05, 0.1) is 12.3 Å². The molecule has 1 saturated heterocycles. The van der Waals surface area contributed by atoms with Crippen LogP contribution in [-0.4, -0.2) is 40.2 Å². The highest BCUT2D eigenvalue weighted by Gasteiger charge is 2.26. The van der Waals surface area contributed by atoms with Gasteiger partial charge in [-0.2, -0.15) is 5.10 Å². The van der Waals surface area contributed by atoms with Crippen LogP contribution in [0.5, 0.6) is 5.75 Å². The van der Waals surface area contributed by atoms with Crippen molar-refractivity contribution in [3.63, 3.8) is 0 Å². The molecule has 0 radical (unpaired) electrons. The summed E-state index contributed by atoms with van der Waals surface area (Å²) in [6.07, 6.45) is 5.28. The Bertz CT molecular complexity index is 1250. The van der Waals surface area contributed by atoms with E-state index in [4.69, 9.17) is 9.84 Å². The van der Waals surface area contributed by atoms with Crippen molar-refractivity contribution in [1.29, 1.82) is 0 Å². The summed E-state index contributed by atoms with van der Waals surface area (Å²) < 4.78 is 7.43. The Labute approximate surface area is 199 Å². The Morgan fingerprint density at radius 1 is 1.09 bits per heavy atom. The first-order chi connectivity index (χ1) is 16.7. The van der Waals surface area contributed by atoms with Crippen LogP contribution in [0, 0.1) is 5.92 Å². The summed E-state index contributed by atoms with van der Waals surface area (Å²) in [6, 6.07) is 20.1. The van der Waals surface area contributed by atoms with Crippen LogP contribution in [0.15, 0.2) is 73.1 Å². The highest BCUT2D eigenvalue weighted by molar-refractivity contribution is 5.79. The lowest BCUT2D eigenvalue weighted by Gasteiger charge is -2.32. The second-order valence-corrected chi connectivity index (χ2v) is 8.53. The summed E-state index contributed by atoms with van der Waals surface area (Å²) in [6.45, 7) is 4.78. The minimum atomic E-state index is 0.0315. The minimum absolute atomic E-state index is 0.0315. The average Bonchev–Trinajstić information content (AvgIpc) is 3.33. The van der Waals surface area contributed by atoms with Crippen molar-refractivity contribution in [1.82, 2.24) is 19.9 Å². The molecular weight excluding hydrogens is 426 g/mol. The summed E-state index contributed by atoms with van der Waals surface area (Å²) in [5, 5.41) is 7.85. The fourth-order valence-corrected chi connectivity index (χ4v) is 4.46. The SMILES string of the molecule is CCOc1ccc(-c2cc3c(N4CCC(C(=O)NCc5ccccc5)CC4)nccn3n2)cc1. The second-order valence-electron chi connectivity index (χ2n) is 8.53. The number of benzene rings is 2. The number of ether oxygens (including phenoxy) is 1. The third-order valence-electron chi connectivity index (χ3n) is 6.31. The topological polar surface area (TPSA) is 71.8 Å². The van der Waals surface area contributed by atoms with E-state index in [9.17, 15) is 4.79 Å². The van der Waals surface area contributed by atoms with Gasteiger partial charge in [0.2, 0.25) is 5.91 Å². The van der Waals surface area contributed by atoms with Crippen LogP contribution in [0.3, 0.4) is 0 Å². The van der Waals surface area contributed by atoms with Crippen molar-refractivity contribution in [3.05, 3.63) is 78.6 Å². The van der Waals surface area contributed by atoms with Crippen molar-refractivity contribution in [2.75, 3.05) is 24.6 Å². The second kappa shape index (κ2) is 9.95. The number of fused-ring (bicyclic) bond motifs is 1. The van der Waals surface area contributed by atoms with E-state index >= 15 is 0 Å². The number of carbonyl (C=O) groups is 1. The molecule has 34 heavy (non-hydrogen) atoms. The van der Waals surface area contributed by atoms with Crippen LogP contribution in [-0.2, 0) is 11.3 Å². The van der Waals surface area contributed by atoms with Gasteiger partial charge in [0.25, 0.3) is 0 Å². The Hall–Kier alpha value is -3.87. The zero-order chi connectivity index (χ0) is 23.3. The molecule has 174 valence electrons. The molecule has 0 aliphatic carbocycles.